The van der Waals surface area contributed by atoms with E-state index in [9.17, 15) is 0 Å². The lowest BCUT2D eigenvalue weighted by Gasteiger charge is -1.85. The van der Waals surface area contributed by atoms with Gasteiger partial charge in [0.05, 0.1) is 12.5 Å². The molecule has 0 saturated carbocycles. The normalized spacial score (nSPS) is 10.0. The summed E-state index contributed by atoms with van der Waals surface area (Å²) in [6.07, 6.45) is 5.27. The number of aromatic nitrogens is 1. The van der Waals surface area contributed by atoms with Gasteiger partial charge in [0.1, 0.15) is 0 Å². The van der Waals surface area contributed by atoms with Crippen LogP contribution in [0.4, 0.5) is 0 Å². The monoisotopic (exact) mass is 133 g/mol. The molecule has 0 radical (unpaired) electrons. The number of hydrogen-bond acceptors (Lipinski definition) is 1. The molecule has 50 valence electrons. The second kappa shape index (κ2) is 2.06. The van der Waals surface area contributed by atoms with E-state index < -0.39 is 0 Å². The van der Waals surface area contributed by atoms with Gasteiger partial charge in [-0.15, -0.1) is 0 Å². The molecule has 0 bridgehead atoms. The van der Waals surface area contributed by atoms with Gasteiger partial charge in [0.15, 0.2) is 0 Å². The Balaban J connectivity index is 2.48. The van der Waals surface area contributed by atoms with E-state index in [1.54, 1.807) is 12.5 Å². The van der Waals surface area contributed by atoms with E-state index in [2.05, 4.69) is 4.98 Å². The summed E-state index contributed by atoms with van der Waals surface area (Å²) in [4.78, 5) is 3.08. The number of hydrogen-bond donors (Lipinski definition) is 1. The molecule has 2 aromatic rings. The Kier molecular flexibility index (Phi) is 1.10. The lowest BCUT2D eigenvalue weighted by Crippen LogP contribution is -1.67. The Morgan fingerprint density at radius 1 is 1.30 bits per heavy atom. The van der Waals surface area contributed by atoms with Crippen LogP contribution in [0.5, 0.6) is 0 Å². The van der Waals surface area contributed by atoms with Crippen LogP contribution in [0.2, 0.25) is 0 Å². The van der Waals surface area contributed by atoms with Gasteiger partial charge in [-0.25, -0.2) is 0 Å². The molecule has 0 unspecified atom stereocenters. The number of furan rings is 1. The van der Waals surface area contributed by atoms with Crippen LogP contribution in [0.3, 0.4) is 0 Å². The summed E-state index contributed by atoms with van der Waals surface area (Å²) < 4.78 is 4.92. The number of H-pyrrole nitrogens is 1. The van der Waals surface area contributed by atoms with Crippen molar-refractivity contribution in [2.45, 2.75) is 0 Å². The van der Waals surface area contributed by atoms with Crippen LogP contribution in [0.1, 0.15) is 0 Å². The predicted octanol–water partition coefficient (Wildman–Crippen LogP) is 2.27. The van der Waals surface area contributed by atoms with Crippen molar-refractivity contribution in [3.8, 4) is 11.3 Å². The predicted molar refractivity (Wildman–Crippen MR) is 38.5 cm³/mol. The smallest absolute Gasteiger partial charge is 0.0995 e. The fourth-order valence-corrected chi connectivity index (χ4v) is 0.928. The summed E-state index contributed by atoms with van der Waals surface area (Å²) in [5.41, 5.74) is 2.18. The van der Waals surface area contributed by atoms with Gasteiger partial charge in [0, 0.05) is 17.5 Å². The molecule has 0 aromatic carbocycles. The van der Waals surface area contributed by atoms with Crippen LogP contribution in [0, 0.1) is 0 Å². The van der Waals surface area contributed by atoms with Crippen molar-refractivity contribution < 1.29 is 4.42 Å². The first-order valence-corrected chi connectivity index (χ1v) is 3.13. The lowest BCUT2D eigenvalue weighted by atomic mass is 10.2. The number of aromatic amines is 1. The molecule has 2 aromatic heterocycles. The lowest BCUT2D eigenvalue weighted by molar-refractivity contribution is 0.568. The van der Waals surface area contributed by atoms with Crippen molar-refractivity contribution >= 4 is 0 Å². The molecule has 0 aliphatic heterocycles. The second-order valence-corrected chi connectivity index (χ2v) is 2.10. The largest absolute Gasteiger partial charge is 0.472 e. The summed E-state index contributed by atoms with van der Waals surface area (Å²) >= 11 is 0. The molecule has 1 N–H and O–H groups in total. The van der Waals surface area contributed by atoms with E-state index in [1.807, 2.05) is 24.4 Å². The minimum absolute atomic E-state index is 1.09. The van der Waals surface area contributed by atoms with Crippen molar-refractivity contribution in [1.29, 1.82) is 0 Å². The fraction of sp³-hybridized carbons (Fsp3) is 0. The summed E-state index contributed by atoms with van der Waals surface area (Å²) in [6, 6.07) is 5.89. The molecule has 0 aliphatic carbocycles. The van der Waals surface area contributed by atoms with Crippen LogP contribution in [0.15, 0.2) is 41.3 Å². The Bertz CT molecular complexity index is 249. The minimum Gasteiger partial charge on any atom is -0.472 e. The SMILES string of the molecule is c1c[nH]c(-c2ccoc2)c1. The van der Waals surface area contributed by atoms with Gasteiger partial charge in [0.25, 0.3) is 0 Å². The number of nitrogens with one attached hydrogen (secondary N) is 1. The van der Waals surface area contributed by atoms with Crippen LogP contribution < -0.4 is 0 Å². The highest BCUT2D eigenvalue weighted by atomic mass is 16.3. The standard InChI is InChI=1S/C8H7NO/c1-2-8(9-4-1)7-3-5-10-6-7/h1-6,9H. The molecule has 2 nitrogen and oxygen atoms in total. The highest BCUT2D eigenvalue weighted by molar-refractivity contribution is 5.56. The van der Waals surface area contributed by atoms with Crippen LogP contribution >= 0.6 is 0 Å². The van der Waals surface area contributed by atoms with Gasteiger partial charge < -0.3 is 9.40 Å². The molecule has 2 heterocycles. The zero-order valence-electron chi connectivity index (χ0n) is 5.37. The summed E-state index contributed by atoms with van der Waals surface area (Å²) in [5.74, 6) is 0. The summed E-state index contributed by atoms with van der Waals surface area (Å²) in [6.45, 7) is 0. The Morgan fingerprint density at radius 2 is 2.30 bits per heavy atom. The van der Waals surface area contributed by atoms with Crippen molar-refractivity contribution in [3.05, 3.63) is 36.9 Å². The van der Waals surface area contributed by atoms with E-state index in [-0.39, 0.29) is 0 Å². The maximum Gasteiger partial charge on any atom is 0.0995 e. The van der Waals surface area contributed by atoms with E-state index in [0.29, 0.717) is 0 Å². The van der Waals surface area contributed by atoms with E-state index in [1.165, 1.54) is 0 Å². The molecule has 0 atom stereocenters. The van der Waals surface area contributed by atoms with E-state index in [0.717, 1.165) is 11.3 Å². The van der Waals surface area contributed by atoms with Gasteiger partial charge in [-0.1, -0.05) is 0 Å². The average Bonchev–Trinajstić information content (AvgIpc) is 2.59. The molecule has 2 heteroatoms. The highest BCUT2D eigenvalue weighted by Crippen LogP contribution is 2.15. The average molecular weight is 133 g/mol. The van der Waals surface area contributed by atoms with Gasteiger partial charge in [-0.3, -0.25) is 0 Å². The molecule has 0 fully saturated rings. The number of rotatable bonds is 1. The van der Waals surface area contributed by atoms with Crippen molar-refractivity contribution in [2.24, 2.45) is 0 Å². The first-order valence-electron chi connectivity index (χ1n) is 3.13. The first kappa shape index (κ1) is 5.35. The fourth-order valence-electron chi connectivity index (χ4n) is 0.928. The van der Waals surface area contributed by atoms with Gasteiger partial charge in [0.2, 0.25) is 0 Å². The van der Waals surface area contributed by atoms with E-state index >= 15 is 0 Å². The third kappa shape index (κ3) is 0.739. The Labute approximate surface area is 58.5 Å². The highest BCUT2D eigenvalue weighted by Gasteiger charge is 1.96. The molecule has 10 heavy (non-hydrogen) atoms. The second-order valence-electron chi connectivity index (χ2n) is 2.10. The minimum atomic E-state index is 1.09. The maximum absolute atomic E-state index is 4.92. The molecule has 0 amide bonds. The van der Waals surface area contributed by atoms with Gasteiger partial charge in [-0.05, 0) is 18.2 Å². The maximum atomic E-state index is 4.92. The molecule has 0 aliphatic rings. The Hall–Kier alpha value is -1.44. The van der Waals surface area contributed by atoms with Crippen molar-refractivity contribution in [2.75, 3.05) is 0 Å². The molecule has 2 rings (SSSR count). The Morgan fingerprint density at radius 3 is 2.90 bits per heavy atom. The van der Waals surface area contributed by atoms with Crippen LogP contribution in [-0.2, 0) is 0 Å². The molecule has 0 saturated heterocycles. The molecular formula is C8H7NO. The molecule has 0 spiro atoms. The van der Waals surface area contributed by atoms with Crippen LogP contribution in [-0.4, -0.2) is 4.98 Å². The van der Waals surface area contributed by atoms with Gasteiger partial charge in [-0.2, -0.15) is 0 Å². The van der Waals surface area contributed by atoms with E-state index in [4.69, 9.17) is 4.42 Å². The molecular weight excluding hydrogens is 126 g/mol. The zero-order valence-corrected chi connectivity index (χ0v) is 5.37. The van der Waals surface area contributed by atoms with Gasteiger partial charge >= 0.3 is 0 Å². The zero-order chi connectivity index (χ0) is 6.81. The van der Waals surface area contributed by atoms with Crippen molar-refractivity contribution in [1.82, 2.24) is 4.98 Å². The topological polar surface area (TPSA) is 28.9 Å². The van der Waals surface area contributed by atoms with Crippen molar-refractivity contribution in [3.63, 3.8) is 0 Å². The first-order chi connectivity index (χ1) is 4.97. The van der Waals surface area contributed by atoms with Crippen LogP contribution in [0.25, 0.3) is 11.3 Å². The summed E-state index contributed by atoms with van der Waals surface area (Å²) in [5, 5.41) is 0. The summed E-state index contributed by atoms with van der Waals surface area (Å²) in [7, 11) is 0. The third-order valence-corrected chi connectivity index (χ3v) is 1.43. The quantitative estimate of drug-likeness (QED) is 0.635. The third-order valence-electron chi connectivity index (χ3n) is 1.43.